The first kappa shape index (κ1) is 20.9. The first-order valence-electron chi connectivity index (χ1n) is 6.98. The van der Waals surface area contributed by atoms with Crippen molar-refractivity contribution in [1.82, 2.24) is 5.32 Å². The summed E-state index contributed by atoms with van der Waals surface area (Å²) in [5.74, 6) is -1.84. The number of hydrogen-bond donors (Lipinski definition) is 2. The molecule has 11 heteroatoms. The van der Waals surface area contributed by atoms with E-state index < -0.39 is 44.1 Å². The minimum atomic E-state index is -3.89. The van der Waals surface area contributed by atoms with Crippen LogP contribution in [0.2, 0.25) is 0 Å². The largest absolute Gasteiger partial charge is 0.382 e. The first-order valence-corrected chi connectivity index (χ1v) is 8.74. The molecule has 0 fully saturated rings. The number of imide groups is 1. The van der Waals surface area contributed by atoms with Crippen molar-refractivity contribution >= 4 is 19.4 Å². The van der Waals surface area contributed by atoms with Crippen LogP contribution < -0.4 is 5.32 Å². The SMILES string of the molecule is COCC(O[C@@H](COC)OCP(=O)(O)OC)C1C=CC(=O)NC1=O. The van der Waals surface area contributed by atoms with Gasteiger partial charge in [0, 0.05) is 27.4 Å². The van der Waals surface area contributed by atoms with E-state index in [0.29, 0.717) is 0 Å². The predicted molar refractivity (Wildman–Crippen MR) is 81.0 cm³/mol. The summed E-state index contributed by atoms with van der Waals surface area (Å²) in [6, 6.07) is 0. The molecule has 0 aromatic heterocycles. The van der Waals surface area contributed by atoms with E-state index in [1.165, 1.54) is 26.4 Å². The number of methoxy groups -OCH3 is 2. The van der Waals surface area contributed by atoms with Crippen LogP contribution in [0.1, 0.15) is 0 Å². The fourth-order valence-corrected chi connectivity index (χ4v) is 2.36. The fraction of sp³-hybridized carbons (Fsp3) is 0.692. The van der Waals surface area contributed by atoms with Crippen LogP contribution in [0.25, 0.3) is 0 Å². The van der Waals surface area contributed by atoms with E-state index in [-0.39, 0.29) is 13.2 Å². The Morgan fingerprint density at radius 1 is 1.25 bits per heavy atom. The molecule has 1 aliphatic heterocycles. The number of ether oxygens (including phenoxy) is 4. The standard InChI is InChI=1S/C13H22NO9P/c1-19-6-10(9-4-5-11(15)14-13(9)16)23-12(7-20-2)22-8-24(17,18)21-3/h4-5,9-10,12H,6-8H2,1-3H3,(H,17,18)(H,14,15,16)/t9?,10?,12-/m0/s1. The Hall–Kier alpha value is -1.13. The van der Waals surface area contributed by atoms with Crippen LogP contribution in [0.3, 0.4) is 0 Å². The van der Waals surface area contributed by atoms with Gasteiger partial charge in [0.2, 0.25) is 11.8 Å². The van der Waals surface area contributed by atoms with Crippen molar-refractivity contribution in [2.24, 2.45) is 5.92 Å². The highest BCUT2D eigenvalue weighted by molar-refractivity contribution is 7.52. The van der Waals surface area contributed by atoms with Gasteiger partial charge in [0.15, 0.2) is 12.6 Å². The average Bonchev–Trinajstić information content (AvgIpc) is 2.52. The van der Waals surface area contributed by atoms with Gasteiger partial charge in [0.25, 0.3) is 0 Å². The lowest BCUT2D eigenvalue weighted by molar-refractivity contribution is -0.201. The van der Waals surface area contributed by atoms with E-state index in [0.717, 1.165) is 7.11 Å². The number of nitrogens with one attached hydrogen (secondary N) is 1. The molecule has 24 heavy (non-hydrogen) atoms. The van der Waals surface area contributed by atoms with Gasteiger partial charge in [0.1, 0.15) is 0 Å². The molecule has 0 saturated carbocycles. The van der Waals surface area contributed by atoms with Crippen molar-refractivity contribution in [3.05, 3.63) is 12.2 Å². The normalized spacial score (nSPS) is 22.8. The second-order valence-electron chi connectivity index (χ2n) is 4.87. The maximum Gasteiger partial charge on any atom is 0.353 e. The van der Waals surface area contributed by atoms with Crippen LogP contribution in [0.4, 0.5) is 0 Å². The second-order valence-corrected chi connectivity index (χ2v) is 6.77. The van der Waals surface area contributed by atoms with Gasteiger partial charge in [0.05, 0.1) is 25.2 Å². The Morgan fingerprint density at radius 3 is 2.46 bits per heavy atom. The van der Waals surface area contributed by atoms with Gasteiger partial charge >= 0.3 is 7.60 Å². The molecule has 3 unspecified atom stereocenters. The topological polar surface area (TPSA) is 130 Å². The lowest BCUT2D eigenvalue weighted by Gasteiger charge is -2.29. The molecule has 10 nitrogen and oxygen atoms in total. The molecule has 0 bridgehead atoms. The smallest absolute Gasteiger partial charge is 0.353 e. The average molecular weight is 367 g/mol. The van der Waals surface area contributed by atoms with Gasteiger partial charge in [-0.1, -0.05) is 6.08 Å². The van der Waals surface area contributed by atoms with Crippen molar-refractivity contribution in [1.29, 1.82) is 0 Å². The maximum absolute atomic E-state index is 11.9. The third-order valence-corrected chi connectivity index (χ3v) is 4.12. The third kappa shape index (κ3) is 6.78. The molecule has 1 aliphatic rings. The Kier molecular flexibility index (Phi) is 8.71. The van der Waals surface area contributed by atoms with Crippen LogP contribution in [-0.4, -0.2) is 70.0 Å². The molecule has 0 aromatic carbocycles. The summed E-state index contributed by atoms with van der Waals surface area (Å²) in [5.41, 5.74) is 0. The summed E-state index contributed by atoms with van der Waals surface area (Å²) in [7, 11) is 0.00855. The van der Waals surface area contributed by atoms with Crippen molar-refractivity contribution in [3.8, 4) is 0 Å². The molecule has 0 saturated heterocycles. The molecule has 0 spiro atoms. The zero-order valence-electron chi connectivity index (χ0n) is 13.7. The molecular formula is C13H22NO9P. The number of carbonyl (C=O) groups excluding carboxylic acids is 2. The Morgan fingerprint density at radius 2 is 1.92 bits per heavy atom. The lowest BCUT2D eigenvalue weighted by Crippen LogP contribution is -2.46. The summed E-state index contributed by atoms with van der Waals surface area (Å²) >= 11 is 0. The van der Waals surface area contributed by atoms with Crippen molar-refractivity contribution in [2.45, 2.75) is 12.4 Å². The van der Waals surface area contributed by atoms with Crippen LogP contribution in [0, 0.1) is 5.92 Å². The summed E-state index contributed by atoms with van der Waals surface area (Å²) in [6.45, 7) is -0.0256. The molecule has 1 rings (SSSR count). The molecule has 0 aliphatic carbocycles. The van der Waals surface area contributed by atoms with Gasteiger partial charge < -0.3 is 28.4 Å². The minimum absolute atomic E-state index is 0.0290. The fourth-order valence-electron chi connectivity index (χ4n) is 1.90. The first-order chi connectivity index (χ1) is 11.3. The van der Waals surface area contributed by atoms with E-state index >= 15 is 0 Å². The minimum Gasteiger partial charge on any atom is -0.382 e. The molecule has 2 N–H and O–H groups in total. The molecule has 0 aromatic rings. The van der Waals surface area contributed by atoms with Gasteiger partial charge in [-0.25, -0.2) is 0 Å². The van der Waals surface area contributed by atoms with Gasteiger partial charge in [-0.15, -0.1) is 0 Å². The summed E-state index contributed by atoms with van der Waals surface area (Å²) in [6.07, 6.45) is 0.185. The monoisotopic (exact) mass is 367 g/mol. The van der Waals surface area contributed by atoms with Crippen molar-refractivity contribution in [3.63, 3.8) is 0 Å². The van der Waals surface area contributed by atoms with Crippen LogP contribution in [-0.2, 0) is 37.6 Å². The lowest BCUT2D eigenvalue weighted by atomic mass is 9.98. The Bertz CT molecular complexity index is 510. The molecular weight excluding hydrogens is 345 g/mol. The molecule has 0 radical (unpaired) electrons. The summed E-state index contributed by atoms with van der Waals surface area (Å²) < 4.78 is 36.7. The van der Waals surface area contributed by atoms with E-state index in [9.17, 15) is 19.0 Å². The molecule has 1 heterocycles. The second kappa shape index (κ2) is 10.00. The zero-order valence-corrected chi connectivity index (χ0v) is 14.6. The van der Waals surface area contributed by atoms with Gasteiger partial charge in [-0.05, 0) is 0 Å². The third-order valence-electron chi connectivity index (χ3n) is 3.07. The van der Waals surface area contributed by atoms with Crippen molar-refractivity contribution in [2.75, 3.05) is 40.9 Å². The summed E-state index contributed by atoms with van der Waals surface area (Å²) in [5, 5.41) is 2.16. The van der Waals surface area contributed by atoms with Crippen molar-refractivity contribution < 1.29 is 42.5 Å². The molecule has 2 amide bonds. The number of carbonyl (C=O) groups is 2. The number of rotatable bonds is 11. The highest BCUT2D eigenvalue weighted by Gasteiger charge is 2.33. The number of hydrogen-bond acceptors (Lipinski definition) is 8. The maximum atomic E-state index is 11.9. The highest BCUT2D eigenvalue weighted by Crippen LogP contribution is 2.40. The van der Waals surface area contributed by atoms with Gasteiger partial charge in [-0.2, -0.15) is 0 Å². The predicted octanol–water partition coefficient (Wildman–Crippen LogP) is -0.375. The molecule has 138 valence electrons. The highest BCUT2D eigenvalue weighted by atomic mass is 31.2. The zero-order chi connectivity index (χ0) is 18.2. The van der Waals surface area contributed by atoms with E-state index in [1.54, 1.807) is 0 Å². The van der Waals surface area contributed by atoms with E-state index in [1.807, 2.05) is 0 Å². The Balaban J connectivity index is 2.78. The Labute approximate surface area is 139 Å². The van der Waals surface area contributed by atoms with Crippen LogP contribution in [0.5, 0.6) is 0 Å². The number of amides is 2. The summed E-state index contributed by atoms with van der Waals surface area (Å²) in [4.78, 5) is 32.5. The molecule has 4 atom stereocenters. The quantitative estimate of drug-likeness (QED) is 0.285. The van der Waals surface area contributed by atoms with Crippen LogP contribution in [0.15, 0.2) is 12.2 Å². The van der Waals surface area contributed by atoms with Gasteiger partial charge in [-0.3, -0.25) is 19.5 Å². The van der Waals surface area contributed by atoms with E-state index in [2.05, 4.69) is 9.84 Å². The van der Waals surface area contributed by atoms with Crippen LogP contribution >= 0.6 is 7.60 Å². The van der Waals surface area contributed by atoms with E-state index in [4.69, 9.17) is 18.9 Å².